The van der Waals surface area contributed by atoms with Crippen molar-refractivity contribution in [3.05, 3.63) is 11.8 Å². The van der Waals surface area contributed by atoms with Gasteiger partial charge in [0, 0.05) is 5.41 Å². The van der Waals surface area contributed by atoms with E-state index in [0.29, 0.717) is 5.41 Å². The Morgan fingerprint density at radius 2 is 1.78 bits per heavy atom. The minimum absolute atomic E-state index is 0. The first-order valence-corrected chi connectivity index (χ1v) is 6.79. The fourth-order valence-corrected chi connectivity index (χ4v) is 5.18. The third-order valence-corrected chi connectivity index (χ3v) is 5.17. The van der Waals surface area contributed by atoms with Gasteiger partial charge in [0.05, 0.1) is 0 Å². The summed E-state index contributed by atoms with van der Waals surface area (Å²) in [7, 11) is 0. The van der Waals surface area contributed by atoms with Crippen LogP contribution in [0.1, 0.15) is 38.5 Å². The molecule has 0 unspecified atom stereocenters. The van der Waals surface area contributed by atoms with Gasteiger partial charge in [0.25, 0.3) is 5.55 Å². The largest absolute Gasteiger partial charge is 0.487 e. The average molecular weight is 270 g/mol. The lowest BCUT2D eigenvalue weighted by atomic mass is 9.49. The minimum Gasteiger partial charge on any atom is -0.487 e. The normalized spacial score (nSPS) is 40.8. The molecular formula is C13H20ClN3O. The van der Waals surface area contributed by atoms with Gasteiger partial charge in [0.2, 0.25) is 6.20 Å². The highest BCUT2D eigenvalue weighted by Gasteiger charge is 2.52. The number of hydrogen-bond donors (Lipinski definition) is 1. The number of nitrogens with zero attached hydrogens (tertiary/aromatic N) is 2. The maximum atomic E-state index is 7.41. The van der Waals surface area contributed by atoms with Crippen molar-refractivity contribution in [1.29, 1.82) is 5.41 Å². The Morgan fingerprint density at radius 3 is 2.22 bits per heavy atom. The van der Waals surface area contributed by atoms with Gasteiger partial charge in [0.15, 0.2) is 0 Å². The van der Waals surface area contributed by atoms with Crippen LogP contribution in [0.3, 0.4) is 0 Å². The molecule has 0 amide bonds. The Bertz CT molecular complexity index is 457. The molecule has 4 saturated carbocycles. The summed E-state index contributed by atoms with van der Waals surface area (Å²) < 4.78 is 6.71. The van der Waals surface area contributed by atoms with Crippen LogP contribution in [-0.2, 0) is 6.54 Å². The van der Waals surface area contributed by atoms with Crippen LogP contribution in [0, 0.1) is 28.6 Å². The monoisotopic (exact) mass is 269 g/mol. The van der Waals surface area contributed by atoms with Gasteiger partial charge in [-0.15, -0.1) is 12.4 Å². The molecule has 0 aliphatic heterocycles. The third-order valence-electron chi connectivity index (χ3n) is 5.17. The smallest absolute Gasteiger partial charge is 0.264 e. The average Bonchev–Trinajstić information content (AvgIpc) is 2.60. The quantitative estimate of drug-likeness (QED) is 0.830. The molecule has 5 rings (SSSR count). The minimum atomic E-state index is 0. The van der Waals surface area contributed by atoms with Gasteiger partial charge in [-0.2, -0.15) is 0 Å². The predicted octanol–water partition coefficient (Wildman–Crippen LogP) is 1.64. The van der Waals surface area contributed by atoms with E-state index in [1.165, 1.54) is 38.5 Å². The Kier molecular flexibility index (Phi) is 2.81. The SMILES string of the molecule is Cl.N=c1c[n+](CC23CC4CC(CC(C4)C2)C3)[n-]o1. The van der Waals surface area contributed by atoms with E-state index >= 15 is 0 Å². The van der Waals surface area contributed by atoms with E-state index in [1.807, 2.05) is 4.68 Å². The molecule has 4 bridgehead atoms. The molecule has 0 aromatic carbocycles. The van der Waals surface area contributed by atoms with Crippen LogP contribution in [0.4, 0.5) is 0 Å². The second-order valence-electron chi connectivity index (χ2n) is 6.68. The van der Waals surface area contributed by atoms with E-state index in [-0.39, 0.29) is 18.0 Å². The summed E-state index contributed by atoms with van der Waals surface area (Å²) in [5.41, 5.74) is 0.651. The first kappa shape index (κ1) is 12.3. The van der Waals surface area contributed by atoms with E-state index < -0.39 is 0 Å². The van der Waals surface area contributed by atoms with E-state index in [4.69, 9.17) is 9.93 Å². The van der Waals surface area contributed by atoms with Crippen molar-refractivity contribution in [2.24, 2.45) is 23.2 Å². The van der Waals surface area contributed by atoms with E-state index in [1.54, 1.807) is 6.20 Å². The zero-order chi connectivity index (χ0) is 11.5. The highest BCUT2D eigenvalue weighted by atomic mass is 35.5. The molecule has 18 heavy (non-hydrogen) atoms. The van der Waals surface area contributed by atoms with Crippen LogP contribution < -0.4 is 15.5 Å². The second kappa shape index (κ2) is 4.12. The summed E-state index contributed by atoms with van der Waals surface area (Å²) in [4.78, 5) is 0. The second-order valence-corrected chi connectivity index (χ2v) is 6.68. The Labute approximate surface area is 113 Å². The number of rotatable bonds is 2. The number of halogens is 1. The van der Waals surface area contributed by atoms with Crippen LogP contribution in [0.2, 0.25) is 0 Å². The molecule has 100 valence electrons. The van der Waals surface area contributed by atoms with Gasteiger partial charge >= 0.3 is 0 Å². The van der Waals surface area contributed by atoms with Gasteiger partial charge in [-0.3, -0.25) is 10.7 Å². The zero-order valence-electron chi connectivity index (χ0n) is 10.5. The van der Waals surface area contributed by atoms with E-state index in [9.17, 15) is 0 Å². The Hall–Kier alpha value is -0.770. The summed E-state index contributed by atoms with van der Waals surface area (Å²) in [5.74, 6) is 2.93. The predicted molar refractivity (Wildman–Crippen MR) is 65.9 cm³/mol. The lowest BCUT2D eigenvalue weighted by molar-refractivity contribution is -0.780. The summed E-state index contributed by atoms with van der Waals surface area (Å²) in [5, 5.41) is 11.4. The van der Waals surface area contributed by atoms with Gasteiger partial charge in [0.1, 0.15) is 6.54 Å². The lowest BCUT2D eigenvalue weighted by Gasteiger charge is -2.55. The summed E-state index contributed by atoms with van der Waals surface area (Å²) in [6.45, 7) is 0.971. The van der Waals surface area contributed by atoms with Crippen LogP contribution >= 0.6 is 12.4 Å². The van der Waals surface area contributed by atoms with Crippen molar-refractivity contribution in [2.75, 3.05) is 0 Å². The molecule has 4 aliphatic carbocycles. The maximum absolute atomic E-state index is 7.41. The molecule has 1 N–H and O–H groups in total. The standard InChI is InChI=1S/C13H19N3O.ClH/c14-12-7-16(15-17-12)8-13-4-9-1-10(5-13)3-11(2-9)6-13;/h7,9-11,14H,1-6,8H2;1H. The molecule has 0 atom stereocenters. The molecule has 4 fully saturated rings. The van der Waals surface area contributed by atoms with Crippen LogP contribution in [0.15, 0.2) is 10.7 Å². The van der Waals surface area contributed by atoms with Crippen molar-refractivity contribution >= 4 is 12.4 Å². The Morgan fingerprint density at radius 1 is 1.22 bits per heavy atom. The first-order chi connectivity index (χ1) is 8.21. The fourth-order valence-electron chi connectivity index (χ4n) is 5.18. The molecular weight excluding hydrogens is 250 g/mol. The van der Waals surface area contributed by atoms with Gasteiger partial charge < -0.3 is 4.52 Å². The van der Waals surface area contributed by atoms with Crippen LogP contribution in [0.5, 0.6) is 0 Å². The molecule has 0 saturated heterocycles. The highest BCUT2D eigenvalue weighted by molar-refractivity contribution is 5.85. The first-order valence-electron chi connectivity index (χ1n) is 6.79. The molecule has 1 heterocycles. The third kappa shape index (κ3) is 1.91. The van der Waals surface area contributed by atoms with Crippen LogP contribution in [-0.4, -0.2) is 0 Å². The van der Waals surface area contributed by atoms with E-state index in [2.05, 4.69) is 5.27 Å². The zero-order valence-corrected chi connectivity index (χ0v) is 11.3. The number of nitrogens with one attached hydrogen (secondary N) is 1. The van der Waals surface area contributed by atoms with E-state index in [0.717, 1.165) is 24.3 Å². The van der Waals surface area contributed by atoms with Gasteiger partial charge in [-0.25, -0.2) is 4.68 Å². The molecule has 1 aromatic rings. The highest BCUT2D eigenvalue weighted by Crippen LogP contribution is 2.60. The fraction of sp³-hybridized carbons (Fsp3) is 0.846. The molecule has 0 spiro atoms. The lowest BCUT2D eigenvalue weighted by Crippen LogP contribution is -2.54. The molecule has 1 aromatic heterocycles. The van der Waals surface area contributed by atoms with Crippen molar-refractivity contribution in [2.45, 2.75) is 45.1 Å². The van der Waals surface area contributed by atoms with Gasteiger partial charge in [-0.05, 0) is 56.3 Å². The van der Waals surface area contributed by atoms with Gasteiger partial charge in [-0.1, -0.05) is 0 Å². The topological polar surface area (TPSA) is 55.0 Å². The number of aromatic nitrogens is 2. The maximum Gasteiger partial charge on any atom is 0.264 e. The summed E-state index contributed by atoms with van der Waals surface area (Å²) in [6, 6.07) is 0. The van der Waals surface area contributed by atoms with Crippen molar-refractivity contribution < 1.29 is 9.20 Å². The summed E-state index contributed by atoms with van der Waals surface area (Å²) in [6.07, 6.45) is 10.3. The summed E-state index contributed by atoms with van der Waals surface area (Å²) >= 11 is 0. The van der Waals surface area contributed by atoms with Crippen LogP contribution in [0.25, 0.3) is 0 Å². The molecule has 4 nitrogen and oxygen atoms in total. The van der Waals surface area contributed by atoms with Crippen molar-refractivity contribution in [1.82, 2.24) is 5.27 Å². The van der Waals surface area contributed by atoms with Crippen molar-refractivity contribution in [3.8, 4) is 0 Å². The molecule has 0 radical (unpaired) electrons. The van der Waals surface area contributed by atoms with Crippen molar-refractivity contribution in [3.63, 3.8) is 0 Å². The Balaban J connectivity index is 0.000001000. The number of hydrogen-bond acceptors (Lipinski definition) is 2. The molecule has 4 aliphatic rings. The molecule has 5 heteroatoms.